The smallest absolute Gasteiger partial charge is 0.226 e. The van der Waals surface area contributed by atoms with Gasteiger partial charge in [-0.2, -0.15) is 15.1 Å². The van der Waals surface area contributed by atoms with E-state index in [-0.39, 0.29) is 0 Å². The second-order valence-corrected chi connectivity index (χ2v) is 5.13. The Hall–Kier alpha value is -1.89. The molecular formula is C13H20N6O. The maximum atomic E-state index is 5.30. The van der Waals surface area contributed by atoms with Crippen LogP contribution in [0.4, 0.5) is 11.8 Å². The molecule has 2 heterocycles. The molecule has 7 nitrogen and oxygen atoms in total. The van der Waals surface area contributed by atoms with Gasteiger partial charge in [0.05, 0.1) is 17.7 Å². The lowest BCUT2D eigenvalue weighted by molar-refractivity contribution is 0.0328. The minimum absolute atomic E-state index is 0.367. The topological polar surface area (TPSA) is 87.8 Å². The van der Waals surface area contributed by atoms with Crippen LogP contribution in [0.25, 0.3) is 11.0 Å². The number of methoxy groups -OCH3 is 1. The van der Waals surface area contributed by atoms with E-state index in [2.05, 4.69) is 37.7 Å². The van der Waals surface area contributed by atoms with Crippen molar-refractivity contribution in [3.8, 4) is 0 Å². The zero-order valence-electron chi connectivity index (χ0n) is 11.8. The SMILES string of the molecule is CCCNc1nc(NC2CC(OC)C2)c2cn[nH]c2n1. The summed E-state index contributed by atoms with van der Waals surface area (Å²) >= 11 is 0. The Bertz CT molecular complexity index is 577. The Morgan fingerprint density at radius 3 is 3.00 bits per heavy atom. The van der Waals surface area contributed by atoms with E-state index in [0.29, 0.717) is 18.1 Å². The summed E-state index contributed by atoms with van der Waals surface area (Å²) in [6.45, 7) is 2.97. The third kappa shape index (κ3) is 2.53. The maximum absolute atomic E-state index is 5.30. The summed E-state index contributed by atoms with van der Waals surface area (Å²) in [5.74, 6) is 1.47. The minimum atomic E-state index is 0.367. The molecule has 1 aliphatic rings. The predicted molar refractivity (Wildman–Crippen MR) is 77.9 cm³/mol. The summed E-state index contributed by atoms with van der Waals surface area (Å²) in [5, 5.41) is 14.5. The van der Waals surface area contributed by atoms with Gasteiger partial charge in [0.1, 0.15) is 5.82 Å². The molecule has 0 bridgehead atoms. The Balaban J connectivity index is 1.79. The third-order valence-electron chi connectivity index (χ3n) is 3.61. The average molecular weight is 276 g/mol. The van der Waals surface area contributed by atoms with Crippen molar-refractivity contribution >= 4 is 22.8 Å². The second kappa shape index (κ2) is 5.62. The van der Waals surface area contributed by atoms with E-state index < -0.39 is 0 Å². The Kier molecular flexibility index (Phi) is 3.68. The zero-order valence-corrected chi connectivity index (χ0v) is 11.8. The van der Waals surface area contributed by atoms with Crippen LogP contribution < -0.4 is 10.6 Å². The summed E-state index contributed by atoms with van der Waals surface area (Å²) in [6, 6.07) is 0.409. The van der Waals surface area contributed by atoms with E-state index in [1.807, 2.05) is 0 Å². The summed E-state index contributed by atoms with van der Waals surface area (Å²) < 4.78 is 5.30. The van der Waals surface area contributed by atoms with Crippen LogP contribution in [0, 0.1) is 0 Å². The number of fused-ring (bicyclic) bond motifs is 1. The lowest BCUT2D eigenvalue weighted by Gasteiger charge is -2.35. The monoisotopic (exact) mass is 276 g/mol. The fraction of sp³-hybridized carbons (Fsp3) is 0.615. The van der Waals surface area contributed by atoms with Crippen molar-refractivity contribution in [3.05, 3.63) is 6.20 Å². The van der Waals surface area contributed by atoms with Gasteiger partial charge in [0.25, 0.3) is 0 Å². The van der Waals surface area contributed by atoms with Gasteiger partial charge in [-0.15, -0.1) is 0 Å². The highest BCUT2D eigenvalue weighted by Gasteiger charge is 2.29. The number of anilines is 2. The molecule has 1 aliphatic carbocycles. The molecule has 20 heavy (non-hydrogen) atoms. The highest BCUT2D eigenvalue weighted by Crippen LogP contribution is 2.28. The van der Waals surface area contributed by atoms with Crippen molar-refractivity contribution in [2.24, 2.45) is 0 Å². The number of hydrogen-bond donors (Lipinski definition) is 3. The van der Waals surface area contributed by atoms with Crippen LogP contribution in [0.15, 0.2) is 6.20 Å². The summed E-state index contributed by atoms with van der Waals surface area (Å²) in [4.78, 5) is 8.96. The van der Waals surface area contributed by atoms with Gasteiger partial charge in [-0.25, -0.2) is 0 Å². The first-order valence-corrected chi connectivity index (χ1v) is 7.04. The molecule has 2 aromatic heterocycles. The van der Waals surface area contributed by atoms with Crippen LogP contribution in [0.2, 0.25) is 0 Å². The highest BCUT2D eigenvalue weighted by atomic mass is 16.5. The second-order valence-electron chi connectivity index (χ2n) is 5.13. The number of rotatable bonds is 6. The number of aromatic amines is 1. The highest BCUT2D eigenvalue weighted by molar-refractivity contribution is 5.87. The maximum Gasteiger partial charge on any atom is 0.226 e. The first-order valence-electron chi connectivity index (χ1n) is 7.04. The molecule has 108 valence electrons. The van der Waals surface area contributed by atoms with Crippen molar-refractivity contribution in [2.75, 3.05) is 24.3 Å². The van der Waals surface area contributed by atoms with E-state index >= 15 is 0 Å². The minimum Gasteiger partial charge on any atom is -0.381 e. The number of nitrogens with one attached hydrogen (secondary N) is 3. The Labute approximate surface area is 117 Å². The fourth-order valence-electron chi connectivity index (χ4n) is 2.33. The Morgan fingerprint density at radius 1 is 1.40 bits per heavy atom. The van der Waals surface area contributed by atoms with Crippen LogP contribution in [-0.4, -0.2) is 46.0 Å². The molecule has 0 amide bonds. The lowest BCUT2D eigenvalue weighted by Crippen LogP contribution is -2.40. The first-order chi connectivity index (χ1) is 9.80. The third-order valence-corrected chi connectivity index (χ3v) is 3.61. The van der Waals surface area contributed by atoms with E-state index in [1.54, 1.807) is 13.3 Å². The van der Waals surface area contributed by atoms with Gasteiger partial charge < -0.3 is 15.4 Å². The fourth-order valence-corrected chi connectivity index (χ4v) is 2.33. The normalized spacial score (nSPS) is 21.7. The molecule has 0 atom stereocenters. The predicted octanol–water partition coefficient (Wildman–Crippen LogP) is 1.76. The van der Waals surface area contributed by atoms with Crippen LogP contribution in [0.5, 0.6) is 0 Å². The van der Waals surface area contributed by atoms with Gasteiger partial charge in [0, 0.05) is 19.7 Å². The Morgan fingerprint density at radius 2 is 2.25 bits per heavy atom. The zero-order chi connectivity index (χ0) is 13.9. The van der Waals surface area contributed by atoms with E-state index in [4.69, 9.17) is 4.74 Å². The quantitative estimate of drug-likeness (QED) is 0.745. The molecule has 0 aliphatic heterocycles. The average Bonchev–Trinajstić information content (AvgIpc) is 2.88. The molecule has 1 saturated carbocycles. The number of aromatic nitrogens is 4. The molecule has 0 spiro atoms. The van der Waals surface area contributed by atoms with Gasteiger partial charge in [-0.05, 0) is 19.3 Å². The van der Waals surface area contributed by atoms with E-state index in [0.717, 1.165) is 42.7 Å². The number of hydrogen-bond acceptors (Lipinski definition) is 6. The summed E-state index contributed by atoms with van der Waals surface area (Å²) in [7, 11) is 1.76. The molecule has 0 aromatic carbocycles. The van der Waals surface area contributed by atoms with Crippen LogP contribution in [0.3, 0.4) is 0 Å². The molecule has 3 N–H and O–H groups in total. The van der Waals surface area contributed by atoms with Crippen molar-refractivity contribution < 1.29 is 4.74 Å². The van der Waals surface area contributed by atoms with Crippen LogP contribution in [-0.2, 0) is 4.74 Å². The molecule has 7 heteroatoms. The lowest BCUT2D eigenvalue weighted by atomic mass is 9.89. The van der Waals surface area contributed by atoms with Crippen molar-refractivity contribution in [2.45, 2.75) is 38.3 Å². The van der Waals surface area contributed by atoms with Gasteiger partial charge in [0.2, 0.25) is 5.95 Å². The van der Waals surface area contributed by atoms with Crippen LogP contribution >= 0.6 is 0 Å². The molecular weight excluding hydrogens is 256 g/mol. The van der Waals surface area contributed by atoms with Gasteiger partial charge in [-0.1, -0.05) is 6.92 Å². The van der Waals surface area contributed by atoms with Crippen molar-refractivity contribution in [1.82, 2.24) is 20.2 Å². The molecule has 1 fully saturated rings. The number of nitrogens with zero attached hydrogens (tertiary/aromatic N) is 3. The van der Waals surface area contributed by atoms with Crippen molar-refractivity contribution in [3.63, 3.8) is 0 Å². The first kappa shape index (κ1) is 13.1. The largest absolute Gasteiger partial charge is 0.381 e. The summed E-state index contributed by atoms with van der Waals surface area (Å²) in [6.07, 6.45) is 5.18. The van der Waals surface area contributed by atoms with E-state index in [9.17, 15) is 0 Å². The molecule has 2 aromatic rings. The molecule has 0 saturated heterocycles. The molecule has 0 unspecified atom stereocenters. The number of H-pyrrole nitrogens is 1. The van der Waals surface area contributed by atoms with Crippen molar-refractivity contribution in [1.29, 1.82) is 0 Å². The van der Waals surface area contributed by atoms with Gasteiger partial charge in [-0.3, -0.25) is 5.10 Å². The summed E-state index contributed by atoms with van der Waals surface area (Å²) in [5.41, 5.74) is 0.753. The van der Waals surface area contributed by atoms with Gasteiger partial charge in [0.15, 0.2) is 5.65 Å². The van der Waals surface area contributed by atoms with E-state index in [1.165, 1.54) is 0 Å². The van der Waals surface area contributed by atoms with Gasteiger partial charge >= 0.3 is 0 Å². The number of ether oxygens (including phenoxy) is 1. The molecule has 0 radical (unpaired) electrons. The standard InChI is InChI=1S/C13H20N6O/c1-3-4-14-13-17-11(10-7-15-19-12(10)18-13)16-8-5-9(6-8)20-2/h7-9H,3-6H2,1-2H3,(H3,14,15,16,17,18,19). The van der Waals surface area contributed by atoms with Crippen LogP contribution in [0.1, 0.15) is 26.2 Å². The molecule has 3 rings (SSSR count).